The SMILES string of the molecule is Cc1nn(C)c(C)c1[C@@H](C)C(=O)N[C@H](CC(=O)O)c1ccccc1Cl. The first-order valence-corrected chi connectivity index (χ1v) is 8.36. The lowest BCUT2D eigenvalue weighted by molar-refractivity contribution is -0.137. The number of halogens is 1. The molecule has 2 N–H and O–H groups in total. The Morgan fingerprint density at radius 2 is 1.96 bits per heavy atom. The molecule has 0 radical (unpaired) electrons. The highest BCUT2D eigenvalue weighted by Crippen LogP contribution is 2.28. The van der Waals surface area contributed by atoms with E-state index in [4.69, 9.17) is 11.6 Å². The Kier molecular flexibility index (Phi) is 5.85. The van der Waals surface area contributed by atoms with Crippen LogP contribution in [0.15, 0.2) is 24.3 Å². The quantitative estimate of drug-likeness (QED) is 0.825. The Hall–Kier alpha value is -2.34. The number of aryl methyl sites for hydroxylation is 2. The summed E-state index contributed by atoms with van der Waals surface area (Å²) in [4.78, 5) is 24.0. The predicted molar refractivity (Wildman–Crippen MR) is 95.7 cm³/mol. The van der Waals surface area contributed by atoms with Crippen LogP contribution in [0.4, 0.5) is 0 Å². The van der Waals surface area contributed by atoms with Crippen LogP contribution in [0, 0.1) is 13.8 Å². The van der Waals surface area contributed by atoms with Gasteiger partial charge in [0.05, 0.1) is 24.1 Å². The van der Waals surface area contributed by atoms with Gasteiger partial charge in [-0.05, 0) is 32.4 Å². The Balaban J connectivity index is 2.27. The minimum atomic E-state index is -1.01. The molecule has 1 amide bonds. The molecule has 0 aliphatic carbocycles. The highest BCUT2D eigenvalue weighted by atomic mass is 35.5. The Bertz CT molecular complexity index is 801. The minimum absolute atomic E-state index is 0.243. The van der Waals surface area contributed by atoms with Gasteiger partial charge in [-0.2, -0.15) is 5.10 Å². The second-order valence-corrected chi connectivity index (χ2v) is 6.52. The number of aromatic nitrogens is 2. The van der Waals surface area contributed by atoms with Crippen LogP contribution in [-0.4, -0.2) is 26.8 Å². The van der Waals surface area contributed by atoms with E-state index in [9.17, 15) is 14.7 Å². The molecule has 1 heterocycles. The Morgan fingerprint density at radius 1 is 1.32 bits per heavy atom. The van der Waals surface area contributed by atoms with E-state index in [1.54, 1.807) is 35.9 Å². The molecule has 0 fully saturated rings. The van der Waals surface area contributed by atoms with Gasteiger partial charge in [0.15, 0.2) is 0 Å². The number of nitrogens with zero attached hydrogens (tertiary/aromatic N) is 2. The van der Waals surface area contributed by atoms with Crippen molar-refractivity contribution in [2.24, 2.45) is 7.05 Å². The van der Waals surface area contributed by atoms with Gasteiger partial charge in [0.25, 0.3) is 0 Å². The van der Waals surface area contributed by atoms with Crippen LogP contribution in [0.2, 0.25) is 5.02 Å². The summed E-state index contributed by atoms with van der Waals surface area (Å²) in [6.45, 7) is 5.55. The molecule has 0 aliphatic heterocycles. The number of hydrogen-bond donors (Lipinski definition) is 2. The topological polar surface area (TPSA) is 84.2 Å². The fourth-order valence-electron chi connectivity index (χ4n) is 3.02. The van der Waals surface area contributed by atoms with Crippen LogP contribution in [0.1, 0.15) is 47.8 Å². The van der Waals surface area contributed by atoms with Crippen LogP contribution >= 0.6 is 11.6 Å². The van der Waals surface area contributed by atoms with E-state index in [1.165, 1.54) is 0 Å². The van der Waals surface area contributed by atoms with Gasteiger partial charge in [-0.15, -0.1) is 0 Å². The van der Waals surface area contributed by atoms with Gasteiger partial charge in [0.1, 0.15) is 0 Å². The van der Waals surface area contributed by atoms with Gasteiger partial charge in [0.2, 0.25) is 5.91 Å². The average Bonchev–Trinajstić information content (AvgIpc) is 2.78. The lowest BCUT2D eigenvalue weighted by Gasteiger charge is -2.21. The molecule has 25 heavy (non-hydrogen) atoms. The van der Waals surface area contributed by atoms with Gasteiger partial charge in [0, 0.05) is 23.3 Å². The molecular formula is C18H22ClN3O3. The van der Waals surface area contributed by atoms with Crippen LogP contribution in [0.25, 0.3) is 0 Å². The molecule has 2 rings (SSSR count). The molecule has 0 saturated carbocycles. The van der Waals surface area contributed by atoms with E-state index in [2.05, 4.69) is 10.4 Å². The molecule has 134 valence electrons. The number of carboxylic acid groups (broad SMARTS) is 1. The van der Waals surface area contributed by atoms with Crippen molar-refractivity contribution in [1.82, 2.24) is 15.1 Å². The number of nitrogens with one attached hydrogen (secondary N) is 1. The number of hydrogen-bond acceptors (Lipinski definition) is 3. The summed E-state index contributed by atoms with van der Waals surface area (Å²) < 4.78 is 1.73. The van der Waals surface area contributed by atoms with Crippen molar-refractivity contribution in [3.8, 4) is 0 Å². The number of amides is 1. The van der Waals surface area contributed by atoms with Crippen molar-refractivity contribution in [3.05, 3.63) is 51.8 Å². The zero-order chi connectivity index (χ0) is 18.7. The first-order valence-electron chi connectivity index (χ1n) is 7.99. The van der Waals surface area contributed by atoms with Crippen molar-refractivity contribution < 1.29 is 14.7 Å². The van der Waals surface area contributed by atoms with Crippen LogP contribution in [0.3, 0.4) is 0 Å². The number of carboxylic acids is 1. The monoisotopic (exact) mass is 363 g/mol. The van der Waals surface area contributed by atoms with Crippen molar-refractivity contribution in [2.45, 2.75) is 39.2 Å². The number of rotatable bonds is 6. The van der Waals surface area contributed by atoms with E-state index in [0.29, 0.717) is 10.6 Å². The fraction of sp³-hybridized carbons (Fsp3) is 0.389. The van der Waals surface area contributed by atoms with Crippen molar-refractivity contribution in [2.75, 3.05) is 0 Å². The molecule has 2 atom stereocenters. The van der Waals surface area contributed by atoms with Crippen LogP contribution in [-0.2, 0) is 16.6 Å². The summed E-state index contributed by atoms with van der Waals surface area (Å²) in [7, 11) is 1.83. The zero-order valence-electron chi connectivity index (χ0n) is 14.7. The third-order valence-electron chi connectivity index (χ3n) is 4.37. The summed E-state index contributed by atoms with van der Waals surface area (Å²) in [5, 5.41) is 16.8. The maximum absolute atomic E-state index is 12.7. The number of carbonyl (C=O) groups is 2. The highest BCUT2D eigenvalue weighted by Gasteiger charge is 2.26. The highest BCUT2D eigenvalue weighted by molar-refractivity contribution is 6.31. The number of carbonyl (C=O) groups excluding carboxylic acids is 1. The standard InChI is InChI=1S/C18H22ClN3O3/c1-10(17-11(2)21-22(4)12(17)3)18(25)20-15(9-16(23)24)13-7-5-6-8-14(13)19/h5-8,10,15H,9H2,1-4H3,(H,20,25)(H,23,24)/t10-,15-/m1/s1. The van der Waals surface area contributed by atoms with Crippen molar-refractivity contribution in [1.29, 1.82) is 0 Å². The van der Waals surface area contributed by atoms with Crippen LogP contribution in [0.5, 0.6) is 0 Å². The molecule has 0 unspecified atom stereocenters. The predicted octanol–water partition coefficient (Wildman–Crippen LogP) is 3.13. The Labute approximate surface area is 151 Å². The second kappa shape index (κ2) is 7.70. The summed E-state index contributed by atoms with van der Waals surface area (Å²) >= 11 is 6.18. The molecule has 0 bridgehead atoms. The normalized spacial score (nSPS) is 13.3. The lowest BCUT2D eigenvalue weighted by Crippen LogP contribution is -2.33. The molecule has 1 aromatic carbocycles. The smallest absolute Gasteiger partial charge is 0.305 e. The molecular weight excluding hydrogens is 342 g/mol. The van der Waals surface area contributed by atoms with Gasteiger partial charge >= 0.3 is 5.97 Å². The van der Waals surface area contributed by atoms with E-state index in [-0.39, 0.29) is 12.3 Å². The summed E-state index contributed by atoms with van der Waals surface area (Å²) in [6, 6.07) is 6.23. The van der Waals surface area contributed by atoms with Gasteiger partial charge in [-0.3, -0.25) is 14.3 Å². The van der Waals surface area contributed by atoms with Gasteiger partial charge in [-0.25, -0.2) is 0 Å². The van der Waals surface area contributed by atoms with E-state index < -0.39 is 17.9 Å². The van der Waals surface area contributed by atoms with Crippen molar-refractivity contribution >= 4 is 23.5 Å². The van der Waals surface area contributed by atoms with E-state index >= 15 is 0 Å². The average molecular weight is 364 g/mol. The van der Waals surface area contributed by atoms with Gasteiger partial charge < -0.3 is 10.4 Å². The number of aliphatic carboxylic acids is 1. The third kappa shape index (κ3) is 4.20. The van der Waals surface area contributed by atoms with Crippen LogP contribution < -0.4 is 5.32 Å². The van der Waals surface area contributed by atoms with E-state index in [0.717, 1.165) is 17.0 Å². The zero-order valence-corrected chi connectivity index (χ0v) is 15.5. The molecule has 2 aromatic rings. The molecule has 6 nitrogen and oxygen atoms in total. The largest absolute Gasteiger partial charge is 0.481 e. The fourth-order valence-corrected chi connectivity index (χ4v) is 3.28. The maximum Gasteiger partial charge on any atom is 0.305 e. The molecule has 0 aliphatic rings. The summed E-state index contributed by atoms with van der Waals surface area (Å²) in [6.07, 6.45) is -0.243. The lowest BCUT2D eigenvalue weighted by atomic mass is 9.96. The minimum Gasteiger partial charge on any atom is -0.481 e. The summed E-state index contributed by atoms with van der Waals surface area (Å²) in [5.74, 6) is -1.72. The third-order valence-corrected chi connectivity index (χ3v) is 4.71. The molecule has 0 saturated heterocycles. The molecule has 7 heteroatoms. The first kappa shape index (κ1) is 19.0. The maximum atomic E-state index is 12.7. The second-order valence-electron chi connectivity index (χ2n) is 6.11. The summed E-state index contributed by atoms with van der Waals surface area (Å²) in [5.41, 5.74) is 3.14. The molecule has 1 aromatic heterocycles. The first-order chi connectivity index (χ1) is 11.7. The van der Waals surface area contributed by atoms with Crippen molar-refractivity contribution in [3.63, 3.8) is 0 Å². The Morgan fingerprint density at radius 3 is 2.48 bits per heavy atom. The molecule has 0 spiro atoms. The number of benzene rings is 1. The van der Waals surface area contributed by atoms with Gasteiger partial charge in [-0.1, -0.05) is 29.8 Å². The van der Waals surface area contributed by atoms with E-state index in [1.807, 2.05) is 20.9 Å².